The number of hydrogen-bond acceptors (Lipinski definition) is 1. The largest absolute Gasteiger partial charge is 0.236 e. The first-order valence-corrected chi connectivity index (χ1v) is 5.23. The van der Waals surface area contributed by atoms with Gasteiger partial charge in [-0.2, -0.15) is 11.8 Å². The van der Waals surface area contributed by atoms with E-state index in [1.54, 1.807) is 11.8 Å². The Kier molecular flexibility index (Phi) is 9.60. The molecule has 61 valence electrons. The highest BCUT2D eigenvalue weighted by molar-refractivity contribution is 7.99. The van der Waals surface area contributed by atoms with Crippen molar-refractivity contribution in [1.29, 1.82) is 0 Å². The summed E-state index contributed by atoms with van der Waals surface area (Å²) in [5, 5.41) is 10.00. The second-order valence-corrected chi connectivity index (χ2v) is 3.60. The maximum atomic E-state index is 10.00. The Labute approximate surface area is 68.2 Å². The normalized spacial score (nSPS) is 10.2. The van der Waals surface area contributed by atoms with Gasteiger partial charge in [-0.15, -0.1) is 0 Å². The summed E-state index contributed by atoms with van der Waals surface area (Å²) in [7, 11) is 0. The first kappa shape index (κ1) is 10.3. The minimum Gasteiger partial charge on any atom is -0.236 e. The van der Waals surface area contributed by atoms with Crippen molar-refractivity contribution in [3.05, 3.63) is 0 Å². The van der Waals surface area contributed by atoms with Crippen LogP contribution < -0.4 is 0 Å². The van der Waals surface area contributed by atoms with Gasteiger partial charge < -0.3 is 0 Å². The number of thioether (sulfide) groups is 1. The van der Waals surface area contributed by atoms with Crippen LogP contribution >= 0.6 is 11.8 Å². The summed E-state index contributed by atoms with van der Waals surface area (Å²) < 4.78 is 0. The molecule has 0 unspecified atom stereocenters. The molecule has 0 aromatic heterocycles. The lowest BCUT2D eigenvalue weighted by molar-refractivity contribution is 0.215. The molecule has 0 saturated heterocycles. The van der Waals surface area contributed by atoms with Crippen molar-refractivity contribution in [3.63, 3.8) is 0 Å². The Hall–Kier alpha value is 0.310. The maximum Gasteiger partial charge on any atom is 0.0912 e. The van der Waals surface area contributed by atoms with Crippen LogP contribution in [0.3, 0.4) is 0 Å². The average Bonchev–Trinajstić information content (AvgIpc) is 1.97. The molecule has 0 fully saturated rings. The van der Waals surface area contributed by atoms with Gasteiger partial charge in [-0.1, -0.05) is 26.2 Å². The van der Waals surface area contributed by atoms with Crippen molar-refractivity contribution in [3.8, 4) is 0 Å². The van der Waals surface area contributed by atoms with Gasteiger partial charge >= 0.3 is 0 Å². The van der Waals surface area contributed by atoms with E-state index in [4.69, 9.17) is 0 Å². The lowest BCUT2D eigenvalue weighted by atomic mass is 10.2. The van der Waals surface area contributed by atoms with Crippen molar-refractivity contribution >= 4 is 11.8 Å². The average molecular weight is 161 g/mol. The van der Waals surface area contributed by atoms with Crippen LogP contribution in [-0.2, 0) is 5.11 Å². The Morgan fingerprint density at radius 2 is 1.90 bits per heavy atom. The van der Waals surface area contributed by atoms with Gasteiger partial charge in [0.25, 0.3) is 0 Å². The Balaban J connectivity index is 2.65. The van der Waals surface area contributed by atoms with Gasteiger partial charge in [0.15, 0.2) is 0 Å². The zero-order chi connectivity index (χ0) is 7.66. The summed E-state index contributed by atoms with van der Waals surface area (Å²) >= 11 is 1.79. The minimum atomic E-state index is 0.0818. The molecule has 0 aromatic carbocycles. The molecule has 1 nitrogen and oxygen atoms in total. The highest BCUT2D eigenvalue weighted by Crippen LogP contribution is 2.06. The maximum absolute atomic E-state index is 10.00. The summed E-state index contributed by atoms with van der Waals surface area (Å²) in [5.41, 5.74) is 0. The molecule has 10 heavy (non-hydrogen) atoms. The van der Waals surface area contributed by atoms with Crippen LogP contribution in [0.4, 0.5) is 0 Å². The Morgan fingerprint density at radius 3 is 2.50 bits per heavy atom. The number of unbranched alkanes of at least 4 members (excludes halogenated alkanes) is 3. The fourth-order valence-corrected chi connectivity index (χ4v) is 1.52. The zero-order valence-corrected chi connectivity index (χ0v) is 7.58. The summed E-state index contributed by atoms with van der Waals surface area (Å²) in [4.78, 5) is 0. The molecule has 0 aromatic rings. The van der Waals surface area contributed by atoms with Crippen LogP contribution in [-0.4, -0.2) is 18.1 Å². The van der Waals surface area contributed by atoms with Gasteiger partial charge in [-0.05, 0) is 12.2 Å². The van der Waals surface area contributed by atoms with Crippen LogP contribution in [0.25, 0.3) is 0 Å². The third kappa shape index (κ3) is 8.31. The molecule has 0 aliphatic heterocycles. The smallest absolute Gasteiger partial charge is 0.0912 e. The molecular weight excluding hydrogens is 144 g/mol. The van der Waals surface area contributed by atoms with Crippen LogP contribution in [0.5, 0.6) is 0 Å². The predicted octanol–water partition coefficient (Wildman–Crippen LogP) is 2.73. The van der Waals surface area contributed by atoms with Crippen LogP contribution in [0.1, 0.15) is 32.6 Å². The monoisotopic (exact) mass is 161 g/mol. The first-order chi connectivity index (χ1) is 4.91. The van der Waals surface area contributed by atoms with Gasteiger partial charge in [-0.25, -0.2) is 5.11 Å². The fourth-order valence-electron chi connectivity index (χ4n) is 0.792. The van der Waals surface area contributed by atoms with E-state index in [1.807, 2.05) is 0 Å². The van der Waals surface area contributed by atoms with Crippen LogP contribution in [0, 0.1) is 0 Å². The lowest BCUT2D eigenvalue weighted by Crippen LogP contribution is -1.87. The van der Waals surface area contributed by atoms with Crippen molar-refractivity contribution in [2.45, 2.75) is 32.6 Å². The van der Waals surface area contributed by atoms with E-state index in [9.17, 15) is 5.11 Å². The van der Waals surface area contributed by atoms with Gasteiger partial charge in [0.2, 0.25) is 0 Å². The number of rotatable bonds is 7. The van der Waals surface area contributed by atoms with Crippen molar-refractivity contribution < 1.29 is 5.11 Å². The number of hydrogen-bond donors (Lipinski definition) is 0. The molecule has 0 heterocycles. The lowest BCUT2D eigenvalue weighted by Gasteiger charge is -1.97. The second kappa shape index (κ2) is 9.31. The Bertz CT molecular complexity index is 49.2. The van der Waals surface area contributed by atoms with Crippen LogP contribution in [0.15, 0.2) is 0 Å². The first-order valence-electron chi connectivity index (χ1n) is 4.07. The summed E-state index contributed by atoms with van der Waals surface area (Å²) in [5.74, 6) is 1.98. The molecule has 0 amide bonds. The molecule has 0 aliphatic carbocycles. The molecule has 0 N–H and O–H groups in total. The Morgan fingerprint density at radius 1 is 1.10 bits per heavy atom. The summed E-state index contributed by atoms with van der Waals surface area (Å²) in [6, 6.07) is 0. The van der Waals surface area contributed by atoms with Crippen molar-refractivity contribution in [1.82, 2.24) is 0 Å². The minimum absolute atomic E-state index is 0.0818. The van der Waals surface area contributed by atoms with Gasteiger partial charge in [0.05, 0.1) is 6.61 Å². The topological polar surface area (TPSA) is 19.9 Å². The molecular formula is C8H17OS. The van der Waals surface area contributed by atoms with E-state index in [-0.39, 0.29) is 6.61 Å². The predicted molar refractivity (Wildman–Crippen MR) is 47.0 cm³/mol. The van der Waals surface area contributed by atoms with E-state index in [2.05, 4.69) is 6.92 Å². The van der Waals surface area contributed by atoms with E-state index < -0.39 is 0 Å². The van der Waals surface area contributed by atoms with Crippen molar-refractivity contribution in [2.75, 3.05) is 18.1 Å². The molecule has 0 aliphatic rings. The third-order valence-corrected chi connectivity index (χ3v) is 2.40. The third-order valence-electron chi connectivity index (χ3n) is 1.37. The van der Waals surface area contributed by atoms with E-state index >= 15 is 0 Å². The van der Waals surface area contributed by atoms with E-state index in [0.29, 0.717) is 0 Å². The van der Waals surface area contributed by atoms with Crippen molar-refractivity contribution in [2.24, 2.45) is 0 Å². The quantitative estimate of drug-likeness (QED) is 0.526. The summed E-state index contributed by atoms with van der Waals surface area (Å²) in [6.45, 7) is 2.29. The molecule has 0 atom stereocenters. The SMILES string of the molecule is CCCCCCSCC[O]. The standard InChI is InChI=1S/C8H17OS/c1-2-3-4-5-7-10-8-6-9/h2-8H2,1H3. The summed E-state index contributed by atoms with van der Waals surface area (Å²) in [6.07, 6.45) is 5.27. The fraction of sp³-hybridized carbons (Fsp3) is 1.00. The van der Waals surface area contributed by atoms with Gasteiger partial charge in [0, 0.05) is 5.75 Å². The van der Waals surface area contributed by atoms with Gasteiger partial charge in [0.1, 0.15) is 0 Å². The molecule has 1 radical (unpaired) electrons. The van der Waals surface area contributed by atoms with E-state index in [0.717, 1.165) is 5.75 Å². The highest BCUT2D eigenvalue weighted by atomic mass is 32.2. The molecule has 0 bridgehead atoms. The van der Waals surface area contributed by atoms with Gasteiger partial charge in [-0.3, -0.25) is 0 Å². The molecule has 0 spiro atoms. The zero-order valence-electron chi connectivity index (χ0n) is 6.77. The molecule has 2 heteroatoms. The van der Waals surface area contributed by atoms with Crippen LogP contribution in [0.2, 0.25) is 0 Å². The molecule has 0 saturated carbocycles. The van der Waals surface area contributed by atoms with E-state index in [1.165, 1.54) is 31.4 Å². The molecule has 0 rings (SSSR count). The second-order valence-electron chi connectivity index (χ2n) is 2.38. The highest BCUT2D eigenvalue weighted by Gasteiger charge is 1.88.